The number of nitrogens with one attached hydrogen (secondary N) is 1. The van der Waals surface area contributed by atoms with Gasteiger partial charge in [0, 0.05) is 19.2 Å². The predicted octanol–water partition coefficient (Wildman–Crippen LogP) is 3.89. The minimum Gasteiger partial charge on any atom is -0.484 e. The van der Waals surface area contributed by atoms with Crippen molar-refractivity contribution in [3.8, 4) is 5.75 Å². The number of benzene rings is 1. The SMILES string of the molecule is CC(C)(C)[Si](C)(C)OCCOc1cc(C(=O)O)cc(NC[C@@H]2CCO2)c1[N+](=O)[O-]. The lowest BCUT2D eigenvalue weighted by molar-refractivity contribution is -0.385. The molecule has 2 N–H and O–H groups in total. The van der Waals surface area contributed by atoms with E-state index in [1.54, 1.807) is 0 Å². The van der Waals surface area contributed by atoms with Crippen molar-refractivity contribution in [2.75, 3.05) is 31.7 Å². The zero-order valence-corrected chi connectivity index (χ0v) is 18.6. The molecule has 0 bridgehead atoms. The van der Waals surface area contributed by atoms with Crippen LogP contribution in [0.4, 0.5) is 11.4 Å². The summed E-state index contributed by atoms with van der Waals surface area (Å²) in [5, 5.41) is 24.0. The highest BCUT2D eigenvalue weighted by molar-refractivity contribution is 6.74. The smallest absolute Gasteiger partial charge is 0.335 e. The van der Waals surface area contributed by atoms with Crippen molar-refractivity contribution >= 4 is 25.7 Å². The highest BCUT2D eigenvalue weighted by Crippen LogP contribution is 2.38. The highest BCUT2D eigenvalue weighted by atomic mass is 28.4. The van der Waals surface area contributed by atoms with Crippen LogP contribution in [0.1, 0.15) is 37.6 Å². The lowest BCUT2D eigenvalue weighted by Crippen LogP contribution is -2.41. The highest BCUT2D eigenvalue weighted by Gasteiger charge is 2.37. The molecule has 1 aromatic carbocycles. The molecule has 0 amide bonds. The summed E-state index contributed by atoms with van der Waals surface area (Å²) in [7, 11) is -1.98. The normalized spacial score (nSPS) is 16.8. The summed E-state index contributed by atoms with van der Waals surface area (Å²) >= 11 is 0. The Morgan fingerprint density at radius 3 is 2.52 bits per heavy atom. The molecule has 2 rings (SSSR count). The van der Waals surface area contributed by atoms with E-state index in [0.717, 1.165) is 6.42 Å². The van der Waals surface area contributed by atoms with Gasteiger partial charge in [-0.3, -0.25) is 10.1 Å². The van der Waals surface area contributed by atoms with E-state index >= 15 is 0 Å². The lowest BCUT2D eigenvalue weighted by Gasteiger charge is -2.36. The molecule has 0 saturated carbocycles. The Morgan fingerprint density at radius 2 is 2.03 bits per heavy atom. The van der Waals surface area contributed by atoms with Crippen LogP contribution < -0.4 is 10.1 Å². The standard InChI is InChI=1S/C19H30N2O7Si/c1-19(2,3)29(4,5)28-9-8-27-16-11-13(18(22)23)10-15(17(16)21(24)25)20-12-14-6-7-26-14/h10-11,14,20H,6-9,12H2,1-5H3,(H,22,23)/t14-/m0/s1. The van der Waals surface area contributed by atoms with Gasteiger partial charge in [-0.15, -0.1) is 0 Å². The largest absolute Gasteiger partial charge is 0.484 e. The van der Waals surface area contributed by atoms with Gasteiger partial charge in [0.15, 0.2) is 14.1 Å². The third-order valence-corrected chi connectivity index (χ3v) is 9.97. The first kappa shape index (κ1) is 23.1. The van der Waals surface area contributed by atoms with Crippen LogP contribution in [0.5, 0.6) is 5.75 Å². The molecule has 1 aromatic rings. The Labute approximate surface area is 171 Å². The molecule has 29 heavy (non-hydrogen) atoms. The second-order valence-electron chi connectivity index (χ2n) is 8.55. The third-order valence-electron chi connectivity index (χ3n) is 5.43. The number of nitro benzene ring substituents is 1. The van der Waals surface area contributed by atoms with Crippen molar-refractivity contribution in [2.45, 2.75) is 51.4 Å². The zero-order valence-electron chi connectivity index (χ0n) is 17.6. The molecule has 1 atom stereocenters. The van der Waals surface area contributed by atoms with Crippen molar-refractivity contribution < 1.29 is 28.7 Å². The van der Waals surface area contributed by atoms with Gasteiger partial charge in [0.05, 0.1) is 23.2 Å². The molecule has 162 valence electrons. The van der Waals surface area contributed by atoms with Crippen molar-refractivity contribution in [1.29, 1.82) is 0 Å². The van der Waals surface area contributed by atoms with Gasteiger partial charge in [-0.25, -0.2) is 4.79 Å². The van der Waals surface area contributed by atoms with E-state index in [2.05, 4.69) is 39.2 Å². The average Bonchev–Trinajstić information content (AvgIpc) is 2.55. The molecule has 1 saturated heterocycles. The van der Waals surface area contributed by atoms with Gasteiger partial charge in [0.1, 0.15) is 12.3 Å². The van der Waals surface area contributed by atoms with Crippen LogP contribution in [0.25, 0.3) is 0 Å². The number of nitro groups is 1. The minimum atomic E-state index is -1.98. The maximum Gasteiger partial charge on any atom is 0.335 e. The van der Waals surface area contributed by atoms with Crippen LogP contribution in [0.2, 0.25) is 18.1 Å². The number of carboxylic acid groups (broad SMARTS) is 1. The van der Waals surface area contributed by atoms with E-state index in [0.29, 0.717) is 13.2 Å². The molecule has 0 aromatic heterocycles. The number of rotatable bonds is 10. The first-order chi connectivity index (χ1) is 13.4. The number of anilines is 1. The van der Waals surface area contributed by atoms with Gasteiger partial charge < -0.3 is 24.3 Å². The van der Waals surface area contributed by atoms with E-state index in [9.17, 15) is 20.0 Å². The Kier molecular flexibility index (Phi) is 7.25. The van der Waals surface area contributed by atoms with Crippen molar-refractivity contribution in [2.24, 2.45) is 0 Å². The van der Waals surface area contributed by atoms with E-state index in [1.807, 2.05) is 0 Å². The van der Waals surface area contributed by atoms with Crippen molar-refractivity contribution in [3.63, 3.8) is 0 Å². The van der Waals surface area contributed by atoms with Gasteiger partial charge in [-0.1, -0.05) is 20.8 Å². The maximum atomic E-state index is 11.7. The first-order valence-electron chi connectivity index (χ1n) is 9.60. The van der Waals surface area contributed by atoms with E-state index in [-0.39, 0.29) is 47.0 Å². The van der Waals surface area contributed by atoms with Gasteiger partial charge in [-0.05, 0) is 30.6 Å². The topological polar surface area (TPSA) is 120 Å². The number of aromatic carboxylic acids is 1. The fourth-order valence-corrected chi connectivity index (χ4v) is 3.53. The van der Waals surface area contributed by atoms with Gasteiger partial charge in [-0.2, -0.15) is 0 Å². The number of hydrogen-bond donors (Lipinski definition) is 2. The summed E-state index contributed by atoms with van der Waals surface area (Å²) in [6.45, 7) is 11.9. The Morgan fingerprint density at radius 1 is 1.38 bits per heavy atom. The number of ether oxygens (including phenoxy) is 2. The summed E-state index contributed by atoms with van der Waals surface area (Å²) in [6, 6.07) is 2.43. The Bertz CT molecular complexity index is 758. The molecule has 0 unspecified atom stereocenters. The van der Waals surface area contributed by atoms with Gasteiger partial charge in [0.2, 0.25) is 0 Å². The van der Waals surface area contributed by atoms with Crippen LogP contribution >= 0.6 is 0 Å². The van der Waals surface area contributed by atoms with E-state index in [4.69, 9.17) is 13.9 Å². The molecule has 0 spiro atoms. The minimum absolute atomic E-state index is 0.0307. The van der Waals surface area contributed by atoms with Crippen LogP contribution in [-0.2, 0) is 9.16 Å². The molecule has 1 aliphatic heterocycles. The van der Waals surface area contributed by atoms with Crippen LogP contribution in [0.3, 0.4) is 0 Å². The first-order valence-corrected chi connectivity index (χ1v) is 12.5. The zero-order chi connectivity index (χ0) is 21.8. The fourth-order valence-electron chi connectivity index (χ4n) is 2.50. The lowest BCUT2D eigenvalue weighted by atomic mass is 10.1. The van der Waals surface area contributed by atoms with Crippen molar-refractivity contribution in [1.82, 2.24) is 0 Å². The number of hydrogen-bond acceptors (Lipinski definition) is 7. The molecule has 0 radical (unpaired) electrons. The molecule has 1 heterocycles. The summed E-state index contributed by atoms with van der Waals surface area (Å²) in [4.78, 5) is 22.6. The maximum absolute atomic E-state index is 11.7. The number of carboxylic acids is 1. The molecule has 1 fully saturated rings. The monoisotopic (exact) mass is 426 g/mol. The summed E-state index contributed by atoms with van der Waals surface area (Å²) < 4.78 is 16.9. The summed E-state index contributed by atoms with van der Waals surface area (Å²) in [6.07, 6.45) is 0.818. The van der Waals surface area contributed by atoms with Crippen LogP contribution in [-0.4, -0.2) is 56.8 Å². The van der Waals surface area contributed by atoms with Crippen LogP contribution in [0, 0.1) is 10.1 Å². The van der Waals surface area contributed by atoms with Gasteiger partial charge in [0.25, 0.3) is 0 Å². The molecule has 9 nitrogen and oxygen atoms in total. The second-order valence-corrected chi connectivity index (χ2v) is 13.4. The van der Waals surface area contributed by atoms with Gasteiger partial charge >= 0.3 is 11.7 Å². The summed E-state index contributed by atoms with van der Waals surface area (Å²) in [5.74, 6) is -1.28. The Balaban J connectivity index is 2.16. The van der Waals surface area contributed by atoms with E-state index in [1.165, 1.54) is 12.1 Å². The van der Waals surface area contributed by atoms with E-state index < -0.39 is 19.2 Å². The average molecular weight is 427 g/mol. The number of carbonyl (C=O) groups is 1. The third kappa shape index (κ3) is 5.91. The predicted molar refractivity (Wildman–Crippen MR) is 112 cm³/mol. The molecule has 1 aliphatic rings. The van der Waals surface area contributed by atoms with Crippen molar-refractivity contribution in [3.05, 3.63) is 27.8 Å². The quantitative estimate of drug-likeness (QED) is 0.250. The molecule has 10 heteroatoms. The number of nitrogens with zero attached hydrogens (tertiary/aromatic N) is 1. The Hall–Kier alpha value is -2.17. The van der Waals surface area contributed by atoms with Crippen LogP contribution in [0.15, 0.2) is 12.1 Å². The summed E-state index contributed by atoms with van der Waals surface area (Å²) in [5.41, 5.74) is -0.277. The second kappa shape index (κ2) is 9.10. The molecular formula is C19H30N2O7Si. The molecular weight excluding hydrogens is 396 g/mol. The molecule has 0 aliphatic carbocycles. The fraction of sp³-hybridized carbons (Fsp3) is 0.632.